The molecule has 19 heavy (non-hydrogen) atoms. The zero-order valence-corrected chi connectivity index (χ0v) is 11.8. The number of nitrogens with zero attached hydrogens (tertiary/aromatic N) is 1. The minimum absolute atomic E-state index is 0.407. The molecule has 2 unspecified atom stereocenters. The summed E-state index contributed by atoms with van der Waals surface area (Å²) in [6.45, 7) is 3.24. The third-order valence-corrected chi connectivity index (χ3v) is 4.71. The van der Waals surface area contributed by atoms with Crippen LogP contribution in [-0.2, 0) is 4.79 Å². The minimum atomic E-state index is 0.407. The van der Waals surface area contributed by atoms with Gasteiger partial charge in [0.2, 0.25) is 5.91 Å². The van der Waals surface area contributed by atoms with E-state index in [1.807, 2.05) is 0 Å². The van der Waals surface area contributed by atoms with E-state index in [1.165, 1.54) is 32.1 Å². The van der Waals surface area contributed by atoms with Crippen LogP contribution in [0.5, 0.6) is 0 Å². The lowest BCUT2D eigenvalue weighted by Gasteiger charge is -2.31. The first-order valence-corrected chi connectivity index (χ1v) is 8.00. The molecule has 106 valence electrons. The Balaban J connectivity index is 1.53. The second-order valence-corrected chi connectivity index (χ2v) is 6.46. The van der Waals surface area contributed by atoms with E-state index in [4.69, 9.17) is 0 Å². The highest BCUT2D eigenvalue weighted by Gasteiger charge is 2.34. The first-order valence-electron chi connectivity index (χ1n) is 8.00. The Morgan fingerprint density at radius 2 is 2.16 bits per heavy atom. The summed E-state index contributed by atoms with van der Waals surface area (Å²) in [5.41, 5.74) is 0. The maximum absolute atomic E-state index is 12.5. The van der Waals surface area contributed by atoms with Gasteiger partial charge < -0.3 is 10.2 Å². The van der Waals surface area contributed by atoms with Gasteiger partial charge in [-0.2, -0.15) is 0 Å². The van der Waals surface area contributed by atoms with Gasteiger partial charge in [-0.25, -0.2) is 0 Å². The van der Waals surface area contributed by atoms with Crippen molar-refractivity contribution < 1.29 is 4.79 Å². The molecule has 3 nitrogen and oxygen atoms in total. The maximum Gasteiger partial charge on any atom is 0.223 e. The minimum Gasteiger partial charge on any atom is -0.339 e. The lowest BCUT2D eigenvalue weighted by atomic mass is 9.98. The lowest BCUT2D eigenvalue weighted by Crippen LogP contribution is -2.42. The van der Waals surface area contributed by atoms with Crippen molar-refractivity contribution in [1.29, 1.82) is 0 Å². The van der Waals surface area contributed by atoms with Gasteiger partial charge >= 0.3 is 0 Å². The Labute approximate surface area is 116 Å². The van der Waals surface area contributed by atoms with Crippen LogP contribution in [0.1, 0.15) is 44.9 Å². The van der Waals surface area contributed by atoms with Gasteiger partial charge in [-0.1, -0.05) is 12.2 Å². The standard InChI is InChI=1S/C16H26N2O/c19-16(10-13-4-1-2-5-13)18(15-7-8-15)12-14-6-3-9-17-11-14/h1,4,13-15,17H,2-3,5-12H2. The summed E-state index contributed by atoms with van der Waals surface area (Å²) in [6, 6.07) is 0.569. The van der Waals surface area contributed by atoms with Crippen molar-refractivity contribution in [2.45, 2.75) is 51.0 Å². The number of nitrogens with one attached hydrogen (secondary N) is 1. The second-order valence-electron chi connectivity index (χ2n) is 6.46. The molecule has 0 spiro atoms. The van der Waals surface area contributed by atoms with Crippen LogP contribution in [0.4, 0.5) is 0 Å². The van der Waals surface area contributed by atoms with Crippen LogP contribution >= 0.6 is 0 Å². The second kappa shape index (κ2) is 6.08. The van der Waals surface area contributed by atoms with Gasteiger partial charge in [0.05, 0.1) is 0 Å². The van der Waals surface area contributed by atoms with E-state index in [9.17, 15) is 4.79 Å². The fraction of sp³-hybridized carbons (Fsp3) is 0.812. The highest BCUT2D eigenvalue weighted by molar-refractivity contribution is 5.77. The Bertz CT molecular complexity index is 343. The summed E-state index contributed by atoms with van der Waals surface area (Å²) in [5, 5.41) is 3.46. The molecule has 1 saturated heterocycles. The topological polar surface area (TPSA) is 32.3 Å². The summed E-state index contributed by atoms with van der Waals surface area (Å²) >= 11 is 0. The summed E-state index contributed by atoms with van der Waals surface area (Å²) < 4.78 is 0. The maximum atomic E-state index is 12.5. The number of carbonyl (C=O) groups excluding carboxylic acids is 1. The fourth-order valence-corrected chi connectivity index (χ4v) is 3.41. The predicted octanol–water partition coefficient (Wildman–Crippen LogP) is 2.33. The van der Waals surface area contributed by atoms with E-state index < -0.39 is 0 Å². The smallest absolute Gasteiger partial charge is 0.223 e. The van der Waals surface area contributed by atoms with E-state index >= 15 is 0 Å². The molecule has 0 aromatic rings. The molecule has 1 saturated carbocycles. The number of hydrogen-bond donors (Lipinski definition) is 1. The van der Waals surface area contributed by atoms with Crippen LogP contribution in [0.15, 0.2) is 12.2 Å². The number of allylic oxidation sites excluding steroid dienone is 2. The molecule has 0 radical (unpaired) electrons. The average molecular weight is 262 g/mol. The zero-order valence-electron chi connectivity index (χ0n) is 11.8. The van der Waals surface area contributed by atoms with Crippen molar-refractivity contribution in [3.05, 3.63) is 12.2 Å². The summed E-state index contributed by atoms with van der Waals surface area (Å²) in [5.74, 6) is 1.60. The van der Waals surface area contributed by atoms with Gasteiger partial charge in [0.15, 0.2) is 0 Å². The van der Waals surface area contributed by atoms with Gasteiger partial charge in [0, 0.05) is 19.0 Å². The Morgan fingerprint density at radius 3 is 2.79 bits per heavy atom. The van der Waals surface area contributed by atoms with Crippen LogP contribution in [-0.4, -0.2) is 36.5 Å². The van der Waals surface area contributed by atoms with Crippen LogP contribution in [0.3, 0.4) is 0 Å². The molecule has 0 aromatic carbocycles. The summed E-state index contributed by atoms with van der Waals surface area (Å²) in [6.07, 6.45) is 12.6. The third kappa shape index (κ3) is 3.59. The van der Waals surface area contributed by atoms with Crippen molar-refractivity contribution in [1.82, 2.24) is 10.2 Å². The molecule has 0 bridgehead atoms. The van der Waals surface area contributed by atoms with Crippen LogP contribution < -0.4 is 5.32 Å². The molecule has 3 aliphatic rings. The molecular formula is C16H26N2O. The molecular weight excluding hydrogens is 236 g/mol. The molecule has 1 heterocycles. The van der Waals surface area contributed by atoms with Gasteiger partial charge in [0.25, 0.3) is 0 Å². The molecule has 2 fully saturated rings. The number of piperidine rings is 1. The summed E-state index contributed by atoms with van der Waals surface area (Å²) in [7, 11) is 0. The molecule has 0 aromatic heterocycles. The monoisotopic (exact) mass is 262 g/mol. The van der Waals surface area contributed by atoms with E-state index in [0.29, 0.717) is 23.8 Å². The van der Waals surface area contributed by atoms with Gasteiger partial charge in [-0.3, -0.25) is 4.79 Å². The number of amides is 1. The lowest BCUT2D eigenvalue weighted by molar-refractivity contribution is -0.133. The van der Waals surface area contributed by atoms with Crippen molar-refractivity contribution in [3.63, 3.8) is 0 Å². The van der Waals surface area contributed by atoms with Gasteiger partial charge in [0.1, 0.15) is 0 Å². The van der Waals surface area contributed by atoms with Crippen LogP contribution in [0.25, 0.3) is 0 Å². The highest BCUT2D eigenvalue weighted by atomic mass is 16.2. The molecule has 2 atom stereocenters. The molecule has 3 rings (SSSR count). The van der Waals surface area contributed by atoms with Crippen LogP contribution in [0, 0.1) is 11.8 Å². The molecule has 3 heteroatoms. The fourth-order valence-electron chi connectivity index (χ4n) is 3.41. The predicted molar refractivity (Wildman–Crippen MR) is 76.8 cm³/mol. The number of carbonyl (C=O) groups is 1. The van der Waals surface area contributed by atoms with E-state index in [0.717, 1.165) is 32.5 Å². The Morgan fingerprint density at radius 1 is 1.26 bits per heavy atom. The SMILES string of the molecule is O=C(CC1C=CCC1)N(CC1CCCNC1)C1CC1. The van der Waals surface area contributed by atoms with E-state index in [2.05, 4.69) is 22.4 Å². The molecule has 1 aliphatic heterocycles. The molecule has 2 aliphatic carbocycles. The quantitative estimate of drug-likeness (QED) is 0.771. The Kier molecular flexibility index (Phi) is 4.21. The van der Waals surface area contributed by atoms with E-state index in [-0.39, 0.29) is 0 Å². The first-order chi connectivity index (χ1) is 9.33. The van der Waals surface area contributed by atoms with Gasteiger partial charge in [-0.15, -0.1) is 0 Å². The first kappa shape index (κ1) is 13.2. The highest BCUT2D eigenvalue weighted by Crippen LogP contribution is 2.31. The number of hydrogen-bond acceptors (Lipinski definition) is 2. The van der Waals surface area contributed by atoms with E-state index in [1.54, 1.807) is 0 Å². The van der Waals surface area contributed by atoms with Gasteiger partial charge in [-0.05, 0) is 63.5 Å². The van der Waals surface area contributed by atoms with Crippen molar-refractivity contribution in [3.8, 4) is 0 Å². The molecule has 1 N–H and O–H groups in total. The zero-order chi connectivity index (χ0) is 13.1. The average Bonchev–Trinajstić information content (AvgIpc) is 3.15. The summed E-state index contributed by atoms with van der Waals surface area (Å²) in [4.78, 5) is 14.7. The van der Waals surface area contributed by atoms with Crippen LogP contribution in [0.2, 0.25) is 0 Å². The van der Waals surface area contributed by atoms with Crippen molar-refractivity contribution in [2.24, 2.45) is 11.8 Å². The van der Waals surface area contributed by atoms with Crippen molar-refractivity contribution in [2.75, 3.05) is 19.6 Å². The van der Waals surface area contributed by atoms with Crippen molar-refractivity contribution >= 4 is 5.91 Å². The number of rotatable bonds is 5. The normalized spacial score (nSPS) is 30.5. The largest absolute Gasteiger partial charge is 0.339 e. The third-order valence-electron chi connectivity index (χ3n) is 4.71. The molecule has 1 amide bonds. The Hall–Kier alpha value is -0.830.